The SMILES string of the molecule is COc1ccc(Cn2nc(C)c(NC(=O)c3cc4nc(-c5ccc6ccccc6c5)cc(C(F)(F)F)n4n3)c2C)cc1OC. The molecule has 9 nitrogen and oxygen atoms in total. The first-order chi connectivity index (χ1) is 21.0. The first kappa shape index (κ1) is 28.7. The monoisotopic (exact) mass is 600 g/mol. The summed E-state index contributed by atoms with van der Waals surface area (Å²) < 4.78 is 55.6. The Balaban J connectivity index is 1.31. The zero-order valence-corrected chi connectivity index (χ0v) is 24.2. The van der Waals surface area contributed by atoms with Crippen molar-refractivity contribution in [2.24, 2.45) is 0 Å². The fourth-order valence-electron chi connectivity index (χ4n) is 5.15. The Labute approximate surface area is 249 Å². The minimum atomic E-state index is -4.75. The number of rotatable bonds is 7. The quantitative estimate of drug-likeness (QED) is 0.219. The van der Waals surface area contributed by atoms with Gasteiger partial charge in [0.2, 0.25) is 0 Å². The molecule has 0 unspecified atom stereocenters. The van der Waals surface area contributed by atoms with Gasteiger partial charge in [-0.1, -0.05) is 42.5 Å². The standard InChI is InChI=1S/C32H27F3N6O3/c1-18-30(19(2)40(38-18)17-20-9-12-26(43-3)27(13-20)44-4)37-31(42)25-16-29-36-24(15-28(32(33,34)35)41(29)39-25)23-11-10-21-7-5-6-8-22(21)14-23/h5-16H,17H2,1-4H3,(H,37,42). The number of methoxy groups -OCH3 is 2. The summed E-state index contributed by atoms with van der Waals surface area (Å²) in [5, 5.41) is 13.1. The molecule has 0 aliphatic heterocycles. The average Bonchev–Trinajstić information content (AvgIpc) is 3.56. The average molecular weight is 601 g/mol. The molecular weight excluding hydrogens is 573 g/mol. The fourth-order valence-corrected chi connectivity index (χ4v) is 5.15. The van der Waals surface area contributed by atoms with Crippen molar-refractivity contribution in [3.8, 4) is 22.8 Å². The highest BCUT2D eigenvalue weighted by molar-refractivity contribution is 6.04. The maximum absolute atomic E-state index is 14.2. The van der Waals surface area contributed by atoms with E-state index < -0.39 is 17.8 Å². The van der Waals surface area contributed by atoms with Crippen molar-refractivity contribution in [1.29, 1.82) is 0 Å². The van der Waals surface area contributed by atoms with E-state index in [0.29, 0.717) is 45.2 Å². The highest BCUT2D eigenvalue weighted by atomic mass is 19.4. The Bertz CT molecular complexity index is 2050. The number of amides is 1. The van der Waals surface area contributed by atoms with E-state index in [4.69, 9.17) is 9.47 Å². The van der Waals surface area contributed by atoms with Crippen LogP contribution >= 0.6 is 0 Å². The van der Waals surface area contributed by atoms with Gasteiger partial charge in [-0.15, -0.1) is 0 Å². The lowest BCUT2D eigenvalue weighted by atomic mass is 10.0. The number of ether oxygens (including phenoxy) is 2. The van der Waals surface area contributed by atoms with E-state index in [1.165, 1.54) is 6.07 Å². The molecule has 1 N–H and O–H groups in total. The molecule has 12 heteroatoms. The minimum absolute atomic E-state index is 0.106. The third-order valence-electron chi connectivity index (χ3n) is 7.40. The summed E-state index contributed by atoms with van der Waals surface area (Å²) in [7, 11) is 3.11. The Morgan fingerprint density at radius 1 is 0.886 bits per heavy atom. The van der Waals surface area contributed by atoms with Gasteiger partial charge in [0.15, 0.2) is 28.5 Å². The van der Waals surface area contributed by atoms with Gasteiger partial charge >= 0.3 is 6.18 Å². The van der Waals surface area contributed by atoms with Gasteiger partial charge in [0.1, 0.15) is 0 Å². The zero-order valence-electron chi connectivity index (χ0n) is 24.2. The van der Waals surface area contributed by atoms with E-state index in [9.17, 15) is 18.0 Å². The van der Waals surface area contributed by atoms with Crippen LogP contribution in [-0.4, -0.2) is 44.5 Å². The van der Waals surface area contributed by atoms with E-state index in [2.05, 4.69) is 20.5 Å². The summed E-state index contributed by atoms with van der Waals surface area (Å²) >= 11 is 0. The number of carbonyl (C=O) groups is 1. The van der Waals surface area contributed by atoms with Crippen molar-refractivity contribution in [3.63, 3.8) is 0 Å². The summed E-state index contributed by atoms with van der Waals surface area (Å²) in [6.07, 6.45) is -4.75. The first-order valence-electron chi connectivity index (χ1n) is 13.6. The molecule has 44 heavy (non-hydrogen) atoms. The van der Waals surface area contributed by atoms with Crippen molar-refractivity contribution >= 4 is 28.0 Å². The predicted molar refractivity (Wildman–Crippen MR) is 159 cm³/mol. The predicted octanol–water partition coefficient (Wildman–Crippen LogP) is 6.70. The van der Waals surface area contributed by atoms with Crippen LogP contribution in [0.25, 0.3) is 27.7 Å². The highest BCUT2D eigenvalue weighted by Gasteiger charge is 2.36. The smallest absolute Gasteiger partial charge is 0.433 e. The number of hydrogen-bond acceptors (Lipinski definition) is 6. The topological polar surface area (TPSA) is 95.6 Å². The lowest BCUT2D eigenvalue weighted by molar-refractivity contribution is -0.142. The molecule has 3 aromatic carbocycles. The van der Waals surface area contributed by atoms with Gasteiger partial charge in [-0.25, -0.2) is 9.50 Å². The normalized spacial score (nSPS) is 11.7. The number of nitrogens with one attached hydrogen (secondary N) is 1. The van der Waals surface area contributed by atoms with Gasteiger partial charge in [-0.3, -0.25) is 9.48 Å². The second-order valence-corrected chi connectivity index (χ2v) is 10.2. The largest absolute Gasteiger partial charge is 0.493 e. The number of aromatic nitrogens is 5. The van der Waals surface area contributed by atoms with Gasteiger partial charge < -0.3 is 14.8 Å². The second kappa shape index (κ2) is 11.0. The summed E-state index contributed by atoms with van der Waals surface area (Å²) in [6, 6.07) is 20.6. The lowest BCUT2D eigenvalue weighted by Gasteiger charge is -2.11. The van der Waals surface area contributed by atoms with Crippen LogP contribution < -0.4 is 14.8 Å². The van der Waals surface area contributed by atoms with E-state index in [0.717, 1.165) is 22.4 Å². The molecule has 0 fully saturated rings. The number of alkyl halides is 3. The Kier molecular flexibility index (Phi) is 7.20. The Morgan fingerprint density at radius 3 is 2.36 bits per heavy atom. The number of anilines is 1. The van der Waals surface area contributed by atoms with Crippen LogP contribution in [0.15, 0.2) is 72.8 Å². The summed E-state index contributed by atoms with van der Waals surface area (Å²) in [5.74, 6) is 0.479. The van der Waals surface area contributed by atoms with Crippen LogP contribution in [0.4, 0.5) is 18.9 Å². The fraction of sp³-hybridized carbons (Fsp3) is 0.188. The number of fused-ring (bicyclic) bond motifs is 2. The van der Waals surface area contributed by atoms with E-state index >= 15 is 0 Å². The van der Waals surface area contributed by atoms with Crippen molar-refractivity contribution in [3.05, 3.63) is 101 Å². The number of carbonyl (C=O) groups excluding carboxylic acids is 1. The van der Waals surface area contributed by atoms with E-state index in [-0.39, 0.29) is 17.0 Å². The van der Waals surface area contributed by atoms with Crippen LogP contribution in [0, 0.1) is 13.8 Å². The minimum Gasteiger partial charge on any atom is -0.493 e. The van der Waals surface area contributed by atoms with Gasteiger partial charge in [0, 0.05) is 11.6 Å². The van der Waals surface area contributed by atoms with Crippen molar-refractivity contribution in [1.82, 2.24) is 24.4 Å². The van der Waals surface area contributed by atoms with Crippen LogP contribution in [0.1, 0.15) is 33.1 Å². The van der Waals surface area contributed by atoms with Crippen molar-refractivity contribution in [2.45, 2.75) is 26.6 Å². The molecule has 3 heterocycles. The summed E-state index contributed by atoms with van der Waals surface area (Å²) in [6.45, 7) is 3.91. The summed E-state index contributed by atoms with van der Waals surface area (Å²) in [4.78, 5) is 17.7. The third-order valence-corrected chi connectivity index (χ3v) is 7.40. The molecule has 0 saturated heterocycles. The molecule has 0 bridgehead atoms. The van der Waals surface area contributed by atoms with E-state index in [1.54, 1.807) is 50.9 Å². The second-order valence-electron chi connectivity index (χ2n) is 10.2. The molecule has 6 rings (SSSR count). The number of hydrogen-bond donors (Lipinski definition) is 1. The molecule has 0 saturated carbocycles. The van der Waals surface area contributed by atoms with Gasteiger partial charge in [-0.05, 0) is 54.4 Å². The maximum atomic E-state index is 14.2. The molecular formula is C32H27F3N6O3. The van der Waals surface area contributed by atoms with Gasteiger partial charge in [0.25, 0.3) is 5.91 Å². The van der Waals surface area contributed by atoms with Crippen LogP contribution in [-0.2, 0) is 12.7 Å². The lowest BCUT2D eigenvalue weighted by Crippen LogP contribution is -2.16. The molecule has 3 aromatic heterocycles. The molecule has 6 aromatic rings. The molecule has 0 radical (unpaired) electrons. The van der Waals surface area contributed by atoms with Crippen molar-refractivity contribution < 1.29 is 27.4 Å². The third kappa shape index (κ3) is 5.30. The Morgan fingerprint density at radius 2 is 1.64 bits per heavy atom. The Hall–Kier alpha value is -5.39. The highest BCUT2D eigenvalue weighted by Crippen LogP contribution is 2.34. The molecule has 0 aliphatic carbocycles. The number of nitrogens with zero attached hydrogens (tertiary/aromatic N) is 5. The number of benzene rings is 3. The molecule has 0 atom stereocenters. The molecule has 224 valence electrons. The zero-order chi connectivity index (χ0) is 31.2. The van der Waals surface area contributed by atoms with E-state index in [1.807, 2.05) is 42.5 Å². The van der Waals surface area contributed by atoms with Gasteiger partial charge in [0.05, 0.1) is 43.5 Å². The molecule has 0 spiro atoms. The van der Waals surface area contributed by atoms with Crippen LogP contribution in [0.5, 0.6) is 11.5 Å². The van der Waals surface area contributed by atoms with Gasteiger partial charge in [-0.2, -0.15) is 23.4 Å². The van der Waals surface area contributed by atoms with Crippen LogP contribution in [0.2, 0.25) is 0 Å². The van der Waals surface area contributed by atoms with Crippen molar-refractivity contribution in [2.75, 3.05) is 19.5 Å². The number of halogens is 3. The molecule has 0 aliphatic rings. The maximum Gasteiger partial charge on any atom is 0.433 e. The first-order valence-corrected chi connectivity index (χ1v) is 13.6. The van der Waals surface area contributed by atoms with Crippen LogP contribution in [0.3, 0.4) is 0 Å². The number of aryl methyl sites for hydroxylation is 1. The summed E-state index contributed by atoms with van der Waals surface area (Å²) in [5.41, 5.74) is 1.78. The molecule has 1 amide bonds.